The number of nitrogens with one attached hydrogen (secondary N) is 2. The zero-order valence-corrected chi connectivity index (χ0v) is 18.4. The Morgan fingerprint density at radius 1 is 1.07 bits per heavy atom. The lowest BCUT2D eigenvalue weighted by Gasteiger charge is -2.21. The van der Waals surface area contributed by atoms with Crippen molar-refractivity contribution in [2.75, 3.05) is 26.1 Å². The molecule has 0 atom stereocenters. The molecular formula is C21H26N2O6S. The van der Waals surface area contributed by atoms with Crippen molar-refractivity contribution in [2.45, 2.75) is 31.1 Å². The number of carbonyl (C=O) groups excluding carboxylic acids is 2. The van der Waals surface area contributed by atoms with Crippen LogP contribution in [-0.4, -0.2) is 41.1 Å². The Hall–Kier alpha value is -2.91. The number of sulfonamides is 1. The number of carbonyl (C=O) groups is 2. The molecule has 2 N–H and O–H groups in total. The van der Waals surface area contributed by atoms with Crippen molar-refractivity contribution in [1.82, 2.24) is 4.72 Å². The molecule has 0 saturated heterocycles. The molecule has 8 nitrogen and oxygen atoms in total. The van der Waals surface area contributed by atoms with Gasteiger partial charge in [0.25, 0.3) is 5.91 Å². The van der Waals surface area contributed by atoms with E-state index in [1.54, 1.807) is 6.07 Å². The minimum absolute atomic E-state index is 0.0198. The molecule has 9 heteroatoms. The van der Waals surface area contributed by atoms with Crippen LogP contribution >= 0.6 is 0 Å². The lowest BCUT2D eigenvalue weighted by atomic mass is 9.87. The molecule has 2 aromatic rings. The lowest BCUT2D eigenvalue weighted by molar-refractivity contribution is -0.119. The first-order valence-electron chi connectivity index (χ1n) is 9.17. The summed E-state index contributed by atoms with van der Waals surface area (Å²) < 4.78 is 36.2. The van der Waals surface area contributed by atoms with Crippen molar-refractivity contribution in [1.29, 1.82) is 0 Å². The van der Waals surface area contributed by atoms with Crippen molar-refractivity contribution in [3.63, 3.8) is 0 Å². The van der Waals surface area contributed by atoms with Crippen LogP contribution in [0.2, 0.25) is 0 Å². The molecule has 0 fully saturated rings. The summed E-state index contributed by atoms with van der Waals surface area (Å²) in [5.74, 6) is -0.881. The smallest absolute Gasteiger partial charge is 0.338 e. The standard InChI is InChI=1S/C21H26N2O6S/c1-21(2,3)15-9-10-18(28-5)17(12-15)23-19(24)13-29-20(25)14-7-6-8-16(11-14)30(26,27)22-4/h6-12,22H,13H2,1-5H3,(H,23,24). The van der Waals surface area contributed by atoms with E-state index in [0.29, 0.717) is 11.4 Å². The second-order valence-corrected chi connectivity index (χ2v) is 9.41. The molecule has 0 radical (unpaired) electrons. The van der Waals surface area contributed by atoms with Gasteiger partial charge in [-0.15, -0.1) is 0 Å². The Labute approximate surface area is 176 Å². The van der Waals surface area contributed by atoms with Gasteiger partial charge in [0.1, 0.15) is 5.75 Å². The van der Waals surface area contributed by atoms with Crippen LogP contribution in [0.15, 0.2) is 47.4 Å². The predicted octanol–water partition coefficient (Wildman–Crippen LogP) is 2.70. The van der Waals surface area contributed by atoms with E-state index < -0.39 is 28.5 Å². The maximum atomic E-state index is 12.3. The molecule has 0 bridgehead atoms. The van der Waals surface area contributed by atoms with E-state index in [1.165, 1.54) is 38.4 Å². The highest BCUT2D eigenvalue weighted by molar-refractivity contribution is 7.89. The Morgan fingerprint density at radius 3 is 2.37 bits per heavy atom. The largest absolute Gasteiger partial charge is 0.495 e. The van der Waals surface area contributed by atoms with Crippen molar-refractivity contribution in [3.8, 4) is 5.75 Å². The second kappa shape index (κ2) is 9.27. The minimum atomic E-state index is -3.70. The second-order valence-electron chi connectivity index (χ2n) is 7.52. The summed E-state index contributed by atoms with van der Waals surface area (Å²) in [6, 6.07) is 10.8. The summed E-state index contributed by atoms with van der Waals surface area (Å²) >= 11 is 0. The van der Waals surface area contributed by atoms with Gasteiger partial charge in [0, 0.05) is 0 Å². The summed E-state index contributed by atoms with van der Waals surface area (Å²) in [7, 11) is -0.936. The SMILES string of the molecule is CNS(=O)(=O)c1cccc(C(=O)OCC(=O)Nc2cc(C(C)(C)C)ccc2OC)c1. The summed E-state index contributed by atoms with van der Waals surface area (Å²) in [5, 5.41) is 2.68. The lowest BCUT2D eigenvalue weighted by Crippen LogP contribution is -2.22. The van der Waals surface area contributed by atoms with Gasteiger partial charge >= 0.3 is 5.97 Å². The van der Waals surface area contributed by atoms with Crippen LogP contribution in [-0.2, 0) is 25.0 Å². The fourth-order valence-electron chi connectivity index (χ4n) is 2.58. The molecule has 30 heavy (non-hydrogen) atoms. The topological polar surface area (TPSA) is 111 Å². The number of hydrogen-bond donors (Lipinski definition) is 2. The predicted molar refractivity (Wildman–Crippen MR) is 113 cm³/mol. The van der Waals surface area contributed by atoms with E-state index >= 15 is 0 Å². The highest BCUT2D eigenvalue weighted by Gasteiger charge is 2.19. The van der Waals surface area contributed by atoms with Crippen molar-refractivity contribution in [2.24, 2.45) is 0 Å². The average Bonchev–Trinajstić information content (AvgIpc) is 2.71. The van der Waals surface area contributed by atoms with E-state index in [-0.39, 0.29) is 15.9 Å². The Balaban J connectivity index is 2.08. The van der Waals surface area contributed by atoms with Gasteiger partial charge in [0.15, 0.2) is 6.61 Å². The van der Waals surface area contributed by atoms with Gasteiger partial charge in [-0.25, -0.2) is 17.9 Å². The quantitative estimate of drug-likeness (QED) is 0.648. The summed E-state index contributed by atoms with van der Waals surface area (Å²) in [4.78, 5) is 24.5. The van der Waals surface area contributed by atoms with Gasteiger partial charge in [-0.05, 0) is 48.4 Å². The van der Waals surface area contributed by atoms with Crippen molar-refractivity contribution >= 4 is 27.6 Å². The third-order valence-electron chi connectivity index (χ3n) is 4.32. The molecule has 0 unspecified atom stereocenters. The summed E-state index contributed by atoms with van der Waals surface area (Å²) in [5.41, 5.74) is 1.36. The fraction of sp³-hybridized carbons (Fsp3) is 0.333. The first-order valence-corrected chi connectivity index (χ1v) is 10.7. The normalized spacial score (nSPS) is 11.6. The van der Waals surface area contributed by atoms with Crippen LogP contribution in [0.3, 0.4) is 0 Å². The van der Waals surface area contributed by atoms with Crippen LogP contribution in [0, 0.1) is 0 Å². The summed E-state index contributed by atoms with van der Waals surface area (Å²) in [6.45, 7) is 5.60. The van der Waals surface area contributed by atoms with Gasteiger partial charge in [-0.2, -0.15) is 0 Å². The first kappa shape index (κ1) is 23.4. The number of anilines is 1. The number of ether oxygens (including phenoxy) is 2. The number of rotatable bonds is 7. The Morgan fingerprint density at radius 2 is 1.77 bits per heavy atom. The number of amides is 1. The van der Waals surface area contributed by atoms with Gasteiger partial charge in [0.2, 0.25) is 10.0 Å². The highest BCUT2D eigenvalue weighted by atomic mass is 32.2. The molecule has 0 aromatic heterocycles. The van der Waals surface area contributed by atoms with E-state index in [4.69, 9.17) is 9.47 Å². The van der Waals surface area contributed by atoms with Gasteiger partial charge in [0.05, 0.1) is 23.3 Å². The zero-order chi connectivity index (χ0) is 22.5. The Kier molecular flexibility index (Phi) is 7.22. The number of methoxy groups -OCH3 is 1. The molecule has 162 valence electrons. The maximum Gasteiger partial charge on any atom is 0.338 e. The monoisotopic (exact) mass is 434 g/mol. The zero-order valence-electron chi connectivity index (χ0n) is 17.6. The number of hydrogen-bond acceptors (Lipinski definition) is 6. The average molecular weight is 435 g/mol. The third-order valence-corrected chi connectivity index (χ3v) is 5.73. The van der Waals surface area contributed by atoms with Crippen molar-refractivity contribution < 1.29 is 27.5 Å². The third kappa shape index (κ3) is 5.80. The molecular weight excluding hydrogens is 408 g/mol. The molecule has 0 saturated carbocycles. The molecule has 0 heterocycles. The van der Waals surface area contributed by atoms with Crippen LogP contribution < -0.4 is 14.8 Å². The molecule has 0 spiro atoms. The molecule has 2 aromatic carbocycles. The summed E-state index contributed by atoms with van der Waals surface area (Å²) in [6.07, 6.45) is 0. The Bertz CT molecular complexity index is 1040. The van der Waals surface area contributed by atoms with E-state index in [1.807, 2.05) is 32.9 Å². The van der Waals surface area contributed by atoms with Crippen LogP contribution in [0.4, 0.5) is 5.69 Å². The van der Waals surface area contributed by atoms with Crippen LogP contribution in [0.1, 0.15) is 36.7 Å². The molecule has 0 aliphatic carbocycles. The van der Waals surface area contributed by atoms with Gasteiger partial charge in [-0.3, -0.25) is 4.79 Å². The molecule has 0 aliphatic rings. The van der Waals surface area contributed by atoms with Crippen molar-refractivity contribution in [3.05, 3.63) is 53.6 Å². The van der Waals surface area contributed by atoms with Gasteiger partial charge < -0.3 is 14.8 Å². The molecule has 1 amide bonds. The number of esters is 1. The molecule has 0 aliphatic heterocycles. The first-order chi connectivity index (χ1) is 14.0. The minimum Gasteiger partial charge on any atom is -0.495 e. The highest BCUT2D eigenvalue weighted by Crippen LogP contribution is 2.31. The van der Waals surface area contributed by atoms with Crippen LogP contribution in [0.25, 0.3) is 0 Å². The van der Waals surface area contributed by atoms with E-state index in [2.05, 4.69) is 10.0 Å². The van der Waals surface area contributed by atoms with E-state index in [9.17, 15) is 18.0 Å². The number of benzene rings is 2. The molecule has 2 rings (SSSR count). The van der Waals surface area contributed by atoms with E-state index in [0.717, 1.165) is 5.56 Å². The van der Waals surface area contributed by atoms with Gasteiger partial charge in [-0.1, -0.05) is 32.9 Å². The fourth-order valence-corrected chi connectivity index (χ4v) is 3.36. The maximum absolute atomic E-state index is 12.3. The van der Waals surface area contributed by atoms with Crippen LogP contribution in [0.5, 0.6) is 5.75 Å².